The Labute approximate surface area is 168 Å². The summed E-state index contributed by atoms with van der Waals surface area (Å²) in [6.07, 6.45) is 0. The van der Waals surface area contributed by atoms with E-state index in [2.05, 4.69) is 9.97 Å². The molecule has 2 rings (SSSR count). The average Bonchev–Trinajstić information content (AvgIpc) is 2.74. The van der Waals surface area contributed by atoms with Gasteiger partial charge in [-0.25, -0.2) is 9.97 Å². The summed E-state index contributed by atoms with van der Waals surface area (Å²) in [5, 5.41) is 11.4. The molecule has 0 fully saturated rings. The van der Waals surface area contributed by atoms with Gasteiger partial charge in [0.05, 0.1) is 24.7 Å². The van der Waals surface area contributed by atoms with Gasteiger partial charge in [-0.05, 0) is 13.5 Å². The van der Waals surface area contributed by atoms with Crippen LogP contribution in [0.4, 0.5) is 5.69 Å². The van der Waals surface area contributed by atoms with Crippen LogP contribution >= 0.6 is 7.60 Å². The lowest BCUT2D eigenvalue weighted by Gasteiger charge is -2.31. The number of hydrogen-bond donors (Lipinski definition) is 0. The Morgan fingerprint density at radius 1 is 1.14 bits per heavy atom. The summed E-state index contributed by atoms with van der Waals surface area (Å²) in [6.45, 7) is 4.28. The van der Waals surface area contributed by atoms with Crippen molar-refractivity contribution >= 4 is 24.3 Å². The third-order valence-corrected chi connectivity index (χ3v) is 6.90. The summed E-state index contributed by atoms with van der Waals surface area (Å²) in [6, 6.07) is 2.74. The Morgan fingerprint density at radius 3 is 2.21 bits per heavy atom. The van der Waals surface area contributed by atoms with E-state index in [0.29, 0.717) is 17.6 Å². The maximum absolute atomic E-state index is 12.8. The van der Waals surface area contributed by atoms with E-state index in [9.17, 15) is 14.7 Å². The number of methoxy groups -OCH3 is 2. The van der Waals surface area contributed by atoms with Crippen molar-refractivity contribution in [2.24, 2.45) is 0 Å². The lowest BCUT2D eigenvalue weighted by molar-refractivity contribution is -0.384. The molecule has 1 atom stereocenters. The minimum absolute atomic E-state index is 0.121. The Morgan fingerprint density at radius 2 is 1.72 bits per heavy atom. The molecular weight excluding hydrogens is 403 g/mol. The highest BCUT2D eigenvalue weighted by Gasteiger charge is 2.35. The lowest BCUT2D eigenvalue weighted by Crippen LogP contribution is -2.33. The number of fused-ring (bicyclic) bond motifs is 1. The van der Waals surface area contributed by atoms with E-state index >= 15 is 0 Å². The summed E-state index contributed by atoms with van der Waals surface area (Å²) in [5.41, 5.74) is 1.09. The van der Waals surface area contributed by atoms with E-state index in [4.69, 9.17) is 18.5 Å². The van der Waals surface area contributed by atoms with Gasteiger partial charge in [0.15, 0.2) is 0 Å². The van der Waals surface area contributed by atoms with Gasteiger partial charge >= 0.3 is 7.60 Å². The predicted molar refractivity (Wildman–Crippen MR) is 106 cm³/mol. The number of nitro groups is 1. The number of aromatic nitrogens is 2. The van der Waals surface area contributed by atoms with Crippen LogP contribution in [0.1, 0.15) is 19.4 Å². The Balaban J connectivity index is 2.62. The first-order valence-corrected chi connectivity index (χ1v) is 10.4. The molecule has 0 amide bonds. The largest absolute Gasteiger partial charge is 0.477 e. The van der Waals surface area contributed by atoms with Gasteiger partial charge in [-0.1, -0.05) is 6.92 Å². The van der Waals surface area contributed by atoms with Gasteiger partial charge in [0.1, 0.15) is 11.3 Å². The Hall–Kier alpha value is -2.33. The van der Waals surface area contributed by atoms with Crippen LogP contribution in [0.25, 0.3) is 11.0 Å². The number of rotatable bonds is 10. The lowest BCUT2D eigenvalue weighted by atomic mass is 10.1. The van der Waals surface area contributed by atoms with Crippen LogP contribution < -0.4 is 9.47 Å². The van der Waals surface area contributed by atoms with Crippen LogP contribution in [0.3, 0.4) is 0 Å². The molecule has 1 heterocycles. The number of benzene rings is 1. The van der Waals surface area contributed by atoms with Gasteiger partial charge in [-0.15, -0.1) is 0 Å². The quantitative estimate of drug-likeness (QED) is 0.316. The molecule has 0 bridgehead atoms. The Bertz CT molecular complexity index is 932. The highest BCUT2D eigenvalue weighted by molar-refractivity contribution is 7.54. The SMILES string of the molecule is CCN(Cc1cc([N+](=O)[O-])cc2nc(OC)c(OC)nc12)C(C)P(=O)(OC)OC. The molecule has 1 aromatic heterocycles. The van der Waals surface area contributed by atoms with Crippen molar-refractivity contribution in [2.75, 3.05) is 35.0 Å². The van der Waals surface area contributed by atoms with Crippen molar-refractivity contribution in [3.63, 3.8) is 0 Å². The van der Waals surface area contributed by atoms with Crippen LogP contribution in [0.2, 0.25) is 0 Å². The molecule has 12 heteroatoms. The molecule has 0 aliphatic rings. The van der Waals surface area contributed by atoms with Crippen molar-refractivity contribution in [1.29, 1.82) is 0 Å². The summed E-state index contributed by atoms with van der Waals surface area (Å²) in [5.74, 6) is -0.314. The van der Waals surface area contributed by atoms with Crippen molar-refractivity contribution in [2.45, 2.75) is 26.2 Å². The molecule has 0 spiro atoms. The van der Waals surface area contributed by atoms with Gasteiger partial charge in [0.25, 0.3) is 17.4 Å². The normalized spacial score (nSPS) is 12.9. The van der Waals surface area contributed by atoms with Crippen molar-refractivity contribution < 1.29 is 28.0 Å². The summed E-state index contributed by atoms with van der Waals surface area (Å²) in [4.78, 5) is 21.5. The summed E-state index contributed by atoms with van der Waals surface area (Å²) >= 11 is 0. The molecular formula is C17H25N4O7P. The standard InChI is InChI=1S/C17H25N4O7P/c1-7-20(11(2)29(24,27-5)28-6)10-12-8-13(21(22)23)9-14-15(12)19-17(26-4)16(18-14)25-3/h8-9,11H,7,10H2,1-6H3. The second-order valence-corrected chi connectivity index (χ2v) is 8.63. The first kappa shape index (κ1) is 23.0. The fourth-order valence-corrected chi connectivity index (χ4v) is 4.39. The second kappa shape index (κ2) is 9.45. The summed E-state index contributed by atoms with van der Waals surface area (Å²) < 4.78 is 33.4. The fraction of sp³-hybridized carbons (Fsp3) is 0.529. The van der Waals surface area contributed by atoms with Gasteiger partial charge in [-0.2, -0.15) is 0 Å². The predicted octanol–water partition coefficient (Wildman–Crippen LogP) is 3.21. The number of ether oxygens (including phenoxy) is 2. The maximum Gasteiger partial charge on any atom is 0.346 e. The smallest absolute Gasteiger partial charge is 0.346 e. The van der Waals surface area contributed by atoms with Crippen LogP contribution in [0.5, 0.6) is 11.8 Å². The van der Waals surface area contributed by atoms with E-state index in [1.54, 1.807) is 6.92 Å². The molecule has 0 aliphatic carbocycles. The molecule has 11 nitrogen and oxygen atoms in total. The van der Waals surface area contributed by atoms with E-state index < -0.39 is 18.3 Å². The van der Waals surface area contributed by atoms with E-state index in [-0.39, 0.29) is 29.5 Å². The summed E-state index contributed by atoms with van der Waals surface area (Å²) in [7, 11) is 2.08. The molecule has 2 aromatic rings. The average molecular weight is 428 g/mol. The molecule has 1 aromatic carbocycles. The van der Waals surface area contributed by atoms with Crippen LogP contribution in [0, 0.1) is 10.1 Å². The molecule has 1 unspecified atom stereocenters. The minimum Gasteiger partial charge on any atom is -0.477 e. The van der Waals surface area contributed by atoms with E-state index in [0.717, 1.165) is 0 Å². The van der Waals surface area contributed by atoms with Crippen LogP contribution in [0.15, 0.2) is 12.1 Å². The highest BCUT2D eigenvalue weighted by atomic mass is 31.2. The van der Waals surface area contributed by atoms with Gasteiger partial charge in [-0.3, -0.25) is 19.6 Å². The maximum atomic E-state index is 12.8. The number of nitrogens with zero attached hydrogens (tertiary/aromatic N) is 4. The van der Waals surface area contributed by atoms with Gasteiger partial charge in [0.2, 0.25) is 0 Å². The van der Waals surface area contributed by atoms with Crippen molar-refractivity contribution in [3.05, 3.63) is 27.8 Å². The fourth-order valence-electron chi connectivity index (χ4n) is 2.98. The molecule has 0 N–H and O–H groups in total. The Kier molecular flexibility index (Phi) is 7.48. The highest BCUT2D eigenvalue weighted by Crippen LogP contribution is 2.52. The third kappa shape index (κ3) is 4.64. The van der Waals surface area contributed by atoms with Crippen molar-refractivity contribution in [1.82, 2.24) is 14.9 Å². The molecule has 0 aliphatic heterocycles. The molecule has 0 saturated heterocycles. The molecule has 160 valence electrons. The van der Waals surface area contributed by atoms with Gasteiger partial charge in [0, 0.05) is 38.5 Å². The van der Waals surface area contributed by atoms with E-state index in [1.165, 1.54) is 40.6 Å². The molecule has 0 saturated carbocycles. The zero-order valence-corrected chi connectivity index (χ0v) is 18.1. The first-order chi connectivity index (χ1) is 13.7. The second-order valence-electron chi connectivity index (χ2n) is 6.07. The zero-order chi connectivity index (χ0) is 21.8. The van der Waals surface area contributed by atoms with Crippen LogP contribution in [-0.4, -0.2) is 60.6 Å². The van der Waals surface area contributed by atoms with Gasteiger partial charge < -0.3 is 18.5 Å². The minimum atomic E-state index is -3.39. The monoisotopic (exact) mass is 428 g/mol. The molecule has 29 heavy (non-hydrogen) atoms. The zero-order valence-electron chi connectivity index (χ0n) is 17.2. The third-order valence-electron chi connectivity index (χ3n) is 4.64. The van der Waals surface area contributed by atoms with E-state index in [1.807, 2.05) is 11.8 Å². The topological polar surface area (TPSA) is 126 Å². The number of hydrogen-bond acceptors (Lipinski definition) is 10. The first-order valence-electron chi connectivity index (χ1n) is 8.76. The van der Waals surface area contributed by atoms with Crippen molar-refractivity contribution in [3.8, 4) is 11.8 Å². The van der Waals surface area contributed by atoms with Crippen LogP contribution in [-0.2, 0) is 20.2 Å². The number of nitro benzene ring substituents is 1. The molecule has 0 radical (unpaired) electrons. The number of non-ortho nitro benzene ring substituents is 1.